The largest absolute Gasteiger partial charge is 0.394 e. The molecule has 6 N–H and O–H groups in total. The van der Waals surface area contributed by atoms with E-state index in [0.29, 0.717) is 6.42 Å². The molecule has 9 nitrogen and oxygen atoms in total. The molecule has 0 aromatic carbocycles. The molecule has 1 fully saturated rings. The van der Waals surface area contributed by atoms with E-state index in [1.807, 2.05) is 6.08 Å². The number of aliphatic hydroxyl groups excluding tert-OH is 5. The Hall–Kier alpha value is -2.11. The first kappa shape index (κ1) is 48.9. The van der Waals surface area contributed by atoms with Crippen molar-refractivity contribution in [3.05, 3.63) is 60.8 Å². The number of nitrogens with one attached hydrogen (secondary N) is 1. The molecule has 0 saturated carbocycles. The number of carbonyl (C=O) groups is 1. The van der Waals surface area contributed by atoms with E-state index in [0.717, 1.165) is 44.9 Å². The first-order valence-corrected chi connectivity index (χ1v) is 21.0. The average molecular weight is 748 g/mol. The van der Waals surface area contributed by atoms with Gasteiger partial charge >= 0.3 is 0 Å². The van der Waals surface area contributed by atoms with Crippen molar-refractivity contribution >= 4 is 5.91 Å². The van der Waals surface area contributed by atoms with Crippen molar-refractivity contribution in [1.82, 2.24) is 5.32 Å². The number of unbranched alkanes of at least 4 members (excludes halogenated alkanes) is 15. The van der Waals surface area contributed by atoms with Gasteiger partial charge in [-0.25, -0.2) is 0 Å². The number of amides is 1. The van der Waals surface area contributed by atoms with E-state index in [9.17, 15) is 30.3 Å². The molecular formula is C44H77NO8. The van der Waals surface area contributed by atoms with E-state index in [1.54, 1.807) is 6.08 Å². The standard InChI is InChI=1S/C44H77NO8/c1-3-5-7-9-11-13-14-15-16-17-18-19-20-21-22-23-24-26-28-30-32-34-40(48)45-37(38(47)33-31-29-27-25-12-10-8-6-4-2)36-52-44-43(51)42(50)41(49)39(35-46)53-44/h16-17,19-20,22-23,26,28,31,33,37-39,41-44,46-47,49-51H,3-15,18,21,24-25,27,29-30,32,34-36H2,1-2H3,(H,45,48)/b17-16+,20-19+,23-22+,28-26+,33-31+/t37-,38+,39-,41-,42?,43?,44-/m0/s1. The van der Waals surface area contributed by atoms with Gasteiger partial charge in [-0.15, -0.1) is 0 Å². The van der Waals surface area contributed by atoms with E-state index in [4.69, 9.17) is 9.47 Å². The van der Waals surface area contributed by atoms with Crippen LogP contribution in [0.1, 0.15) is 155 Å². The van der Waals surface area contributed by atoms with E-state index < -0.39 is 49.5 Å². The molecule has 1 heterocycles. The summed E-state index contributed by atoms with van der Waals surface area (Å²) in [6.07, 6.45) is 37.1. The lowest BCUT2D eigenvalue weighted by Gasteiger charge is -2.40. The summed E-state index contributed by atoms with van der Waals surface area (Å²) >= 11 is 0. The van der Waals surface area contributed by atoms with Gasteiger partial charge in [-0.05, 0) is 57.8 Å². The van der Waals surface area contributed by atoms with Crippen molar-refractivity contribution in [2.45, 2.75) is 198 Å². The Morgan fingerprint density at radius 2 is 1.11 bits per heavy atom. The number of rotatable bonds is 33. The smallest absolute Gasteiger partial charge is 0.220 e. The van der Waals surface area contributed by atoms with Gasteiger partial charge in [0.25, 0.3) is 0 Å². The highest BCUT2D eigenvalue weighted by Crippen LogP contribution is 2.22. The lowest BCUT2D eigenvalue weighted by atomic mass is 9.99. The minimum absolute atomic E-state index is 0.213. The summed E-state index contributed by atoms with van der Waals surface area (Å²) in [6, 6.07) is -0.833. The van der Waals surface area contributed by atoms with Crippen LogP contribution >= 0.6 is 0 Å². The van der Waals surface area contributed by atoms with Gasteiger partial charge in [-0.3, -0.25) is 4.79 Å². The molecule has 9 heteroatoms. The topological polar surface area (TPSA) is 149 Å². The highest BCUT2D eigenvalue weighted by Gasteiger charge is 2.44. The molecule has 0 aromatic heterocycles. The molecule has 0 aromatic rings. The molecule has 0 spiro atoms. The fourth-order valence-corrected chi connectivity index (χ4v) is 6.15. The van der Waals surface area contributed by atoms with Gasteiger partial charge in [0.15, 0.2) is 6.29 Å². The minimum atomic E-state index is -1.58. The van der Waals surface area contributed by atoms with Crippen LogP contribution in [0.3, 0.4) is 0 Å². The van der Waals surface area contributed by atoms with Gasteiger partial charge < -0.3 is 40.3 Å². The lowest BCUT2D eigenvalue weighted by Crippen LogP contribution is -2.60. The molecule has 1 saturated heterocycles. The molecule has 7 atom stereocenters. The Morgan fingerprint density at radius 1 is 0.642 bits per heavy atom. The van der Waals surface area contributed by atoms with Crippen LogP contribution in [-0.2, 0) is 14.3 Å². The first-order chi connectivity index (χ1) is 25.8. The zero-order chi connectivity index (χ0) is 38.8. The zero-order valence-corrected chi connectivity index (χ0v) is 33.2. The van der Waals surface area contributed by atoms with Crippen LogP contribution in [0.2, 0.25) is 0 Å². The average Bonchev–Trinajstić information content (AvgIpc) is 3.16. The monoisotopic (exact) mass is 748 g/mol. The van der Waals surface area contributed by atoms with Crippen molar-refractivity contribution in [3.8, 4) is 0 Å². The maximum absolute atomic E-state index is 12.9. The molecule has 1 aliphatic heterocycles. The zero-order valence-electron chi connectivity index (χ0n) is 33.2. The lowest BCUT2D eigenvalue weighted by molar-refractivity contribution is -0.302. The molecular weight excluding hydrogens is 670 g/mol. The number of carbonyl (C=O) groups excluding carboxylic acids is 1. The van der Waals surface area contributed by atoms with Crippen molar-refractivity contribution in [3.63, 3.8) is 0 Å². The van der Waals surface area contributed by atoms with Crippen LogP contribution in [0.15, 0.2) is 60.8 Å². The van der Waals surface area contributed by atoms with E-state index in [2.05, 4.69) is 67.8 Å². The molecule has 1 amide bonds. The van der Waals surface area contributed by atoms with Crippen molar-refractivity contribution in [1.29, 1.82) is 0 Å². The second-order valence-corrected chi connectivity index (χ2v) is 14.4. The second-order valence-electron chi connectivity index (χ2n) is 14.4. The van der Waals surface area contributed by atoms with Crippen LogP contribution in [-0.4, -0.2) is 87.5 Å². The van der Waals surface area contributed by atoms with E-state index in [1.165, 1.54) is 83.5 Å². The molecule has 1 rings (SSSR count). The van der Waals surface area contributed by atoms with E-state index >= 15 is 0 Å². The second kappa shape index (κ2) is 34.4. The highest BCUT2D eigenvalue weighted by molar-refractivity contribution is 5.76. The number of hydrogen-bond acceptors (Lipinski definition) is 8. The summed E-state index contributed by atoms with van der Waals surface area (Å²) < 4.78 is 11.1. The van der Waals surface area contributed by atoms with Gasteiger partial charge in [0.1, 0.15) is 24.4 Å². The third-order valence-electron chi connectivity index (χ3n) is 9.59. The van der Waals surface area contributed by atoms with Crippen molar-refractivity contribution < 1.29 is 39.8 Å². The van der Waals surface area contributed by atoms with Gasteiger partial charge in [-0.2, -0.15) is 0 Å². The molecule has 306 valence electrons. The van der Waals surface area contributed by atoms with Gasteiger partial charge in [0.2, 0.25) is 5.91 Å². The summed E-state index contributed by atoms with van der Waals surface area (Å²) in [6.45, 7) is 3.68. The maximum Gasteiger partial charge on any atom is 0.220 e. The molecule has 0 aliphatic carbocycles. The summed E-state index contributed by atoms with van der Waals surface area (Å²) in [7, 11) is 0. The predicted molar refractivity (Wildman–Crippen MR) is 216 cm³/mol. The molecule has 1 aliphatic rings. The molecule has 53 heavy (non-hydrogen) atoms. The third kappa shape index (κ3) is 25.6. The molecule has 2 unspecified atom stereocenters. The number of allylic oxidation sites excluding steroid dienone is 9. The highest BCUT2D eigenvalue weighted by atomic mass is 16.7. The van der Waals surface area contributed by atoms with Gasteiger partial charge in [0, 0.05) is 6.42 Å². The Balaban J connectivity index is 2.40. The van der Waals surface area contributed by atoms with Crippen LogP contribution in [0, 0.1) is 0 Å². The summed E-state index contributed by atoms with van der Waals surface area (Å²) in [5, 5.41) is 53.8. The first-order valence-electron chi connectivity index (χ1n) is 21.0. The van der Waals surface area contributed by atoms with E-state index in [-0.39, 0.29) is 18.9 Å². The Kier molecular flexibility index (Phi) is 31.7. The fraction of sp³-hybridized carbons (Fsp3) is 0.750. The SMILES string of the molecule is CCCCCCCCC/C=C/C/C=C/C/C=C/C/C=C/CCCC(=O)N[C@@H](CO[C@H]1O[C@@H](CO)[C@H](O)C(O)C1O)[C@H](O)/C=C/CCCCCCCCC. The predicted octanol–water partition coefficient (Wildman–Crippen LogP) is 8.05. The van der Waals surface area contributed by atoms with Crippen molar-refractivity contribution in [2.75, 3.05) is 13.2 Å². The van der Waals surface area contributed by atoms with Crippen LogP contribution in [0.25, 0.3) is 0 Å². The fourth-order valence-electron chi connectivity index (χ4n) is 6.15. The summed E-state index contributed by atoms with van der Waals surface area (Å²) in [4.78, 5) is 12.9. The normalized spacial score (nSPS) is 22.3. The van der Waals surface area contributed by atoms with Crippen LogP contribution in [0.5, 0.6) is 0 Å². The van der Waals surface area contributed by atoms with Crippen LogP contribution in [0.4, 0.5) is 0 Å². The quantitative estimate of drug-likeness (QED) is 0.0292. The number of hydrogen-bond donors (Lipinski definition) is 6. The van der Waals surface area contributed by atoms with Crippen LogP contribution < -0.4 is 5.32 Å². The van der Waals surface area contributed by atoms with Gasteiger partial charge in [-0.1, -0.05) is 152 Å². The van der Waals surface area contributed by atoms with Crippen molar-refractivity contribution in [2.24, 2.45) is 0 Å². The minimum Gasteiger partial charge on any atom is -0.394 e. The molecule has 0 radical (unpaired) electrons. The Morgan fingerprint density at radius 3 is 1.64 bits per heavy atom. The maximum atomic E-state index is 12.9. The Labute approximate surface area is 322 Å². The number of ether oxygens (including phenoxy) is 2. The van der Waals surface area contributed by atoms with Gasteiger partial charge in [0.05, 0.1) is 25.4 Å². The third-order valence-corrected chi connectivity index (χ3v) is 9.59. The molecule has 0 bridgehead atoms. The summed E-state index contributed by atoms with van der Waals surface area (Å²) in [5.74, 6) is -0.236. The summed E-state index contributed by atoms with van der Waals surface area (Å²) in [5.41, 5.74) is 0. The Bertz CT molecular complexity index is 1010. The number of aliphatic hydroxyl groups is 5.